The molecule has 2 aromatic carbocycles. The summed E-state index contributed by atoms with van der Waals surface area (Å²) in [5.74, 6) is 1.02. The molecule has 11 heteroatoms. The van der Waals surface area contributed by atoms with Gasteiger partial charge in [-0.15, -0.1) is 0 Å². The number of carbonyl (C=O) groups is 1. The van der Waals surface area contributed by atoms with Gasteiger partial charge in [0.1, 0.15) is 12.4 Å². The first-order valence-electron chi connectivity index (χ1n) is 12.0. The van der Waals surface area contributed by atoms with Crippen LogP contribution >= 0.6 is 0 Å². The molecule has 0 bridgehead atoms. The average molecular weight is 516 g/mol. The number of nitrogens with two attached hydrogens (primary N) is 1. The lowest BCUT2D eigenvalue weighted by molar-refractivity contribution is -0.130. The number of halogens is 3. The summed E-state index contributed by atoms with van der Waals surface area (Å²) in [6, 6.07) is 10.5. The quantitative estimate of drug-likeness (QED) is 0.367. The van der Waals surface area contributed by atoms with Crippen LogP contribution in [-0.4, -0.2) is 71.1 Å². The topological polar surface area (TPSA) is 87.5 Å². The minimum Gasteiger partial charge on any atom is -0.495 e. The molecule has 3 heterocycles. The largest absolute Gasteiger partial charge is 0.495 e. The third kappa shape index (κ3) is 4.53. The Labute approximate surface area is 211 Å². The van der Waals surface area contributed by atoms with Gasteiger partial charge in [0.25, 0.3) is 5.91 Å². The van der Waals surface area contributed by atoms with Crippen LogP contribution in [0.1, 0.15) is 15.9 Å². The Morgan fingerprint density at radius 2 is 2.03 bits per heavy atom. The lowest BCUT2D eigenvalue weighted by Gasteiger charge is -2.30. The van der Waals surface area contributed by atoms with Crippen LogP contribution in [0, 0.1) is 0 Å². The molecule has 0 saturated heterocycles. The minimum absolute atomic E-state index is 0.156. The lowest BCUT2D eigenvalue weighted by Crippen LogP contribution is -2.45. The average Bonchev–Trinajstić information content (AvgIpc) is 3.41. The maximum absolute atomic E-state index is 13.1. The summed E-state index contributed by atoms with van der Waals surface area (Å²) in [5, 5.41) is 0.868. The van der Waals surface area contributed by atoms with Crippen molar-refractivity contribution in [1.29, 1.82) is 0 Å². The first-order valence-corrected chi connectivity index (χ1v) is 12.0. The Hall–Kier alpha value is -3.57. The van der Waals surface area contributed by atoms with Gasteiger partial charge in [-0.3, -0.25) is 4.79 Å². The first-order chi connectivity index (χ1) is 17.8. The maximum Gasteiger partial charge on any atom is 0.345 e. The number of nitrogens with zero attached hydrogens (tertiary/aromatic N) is 4. The van der Waals surface area contributed by atoms with E-state index in [4.69, 9.17) is 15.5 Å². The van der Waals surface area contributed by atoms with Gasteiger partial charge in [0.05, 0.1) is 42.0 Å². The van der Waals surface area contributed by atoms with Crippen LogP contribution in [0.25, 0.3) is 33.5 Å². The van der Waals surface area contributed by atoms with Crippen molar-refractivity contribution >= 4 is 27.8 Å². The van der Waals surface area contributed by atoms with E-state index in [-0.39, 0.29) is 25.6 Å². The molecule has 0 unspecified atom stereocenters. The zero-order valence-corrected chi connectivity index (χ0v) is 20.6. The molecule has 2 N–H and O–H groups in total. The number of methoxy groups -OCH3 is 1. The van der Waals surface area contributed by atoms with Crippen molar-refractivity contribution in [2.24, 2.45) is 12.8 Å². The van der Waals surface area contributed by atoms with Crippen LogP contribution < -0.4 is 10.5 Å². The van der Waals surface area contributed by atoms with Gasteiger partial charge in [-0.1, -0.05) is 12.1 Å². The monoisotopic (exact) mass is 515 g/mol. The van der Waals surface area contributed by atoms with E-state index in [1.807, 2.05) is 46.5 Å². The molecule has 1 amide bonds. The molecule has 0 aliphatic carbocycles. The Morgan fingerprint density at radius 3 is 2.76 bits per heavy atom. The molecule has 0 fully saturated rings. The second-order valence-corrected chi connectivity index (χ2v) is 9.12. The van der Waals surface area contributed by atoms with Gasteiger partial charge < -0.3 is 29.2 Å². The number of hydrogen-bond donors (Lipinski definition) is 1. The number of alkyl halides is 3. The second kappa shape index (κ2) is 10.1. The summed E-state index contributed by atoms with van der Waals surface area (Å²) in [5.41, 5.74) is 10.1. The molecule has 37 heavy (non-hydrogen) atoms. The number of hydrogen-bond acceptors (Lipinski definition) is 5. The summed E-state index contributed by atoms with van der Waals surface area (Å²) >= 11 is 0. The van der Waals surface area contributed by atoms with Gasteiger partial charge in [0.15, 0.2) is 5.82 Å². The fourth-order valence-corrected chi connectivity index (χ4v) is 5.06. The molecule has 1 aliphatic heterocycles. The van der Waals surface area contributed by atoms with E-state index >= 15 is 0 Å². The van der Waals surface area contributed by atoms with E-state index in [0.29, 0.717) is 41.3 Å². The SMILES string of the molecule is COc1cccc2cc(-c3nc4cc5c(cc4n3C)CCN(C[C@H](N)CF)C5=O)n(CCOC(F)F)c12. The number of amides is 1. The number of aryl methyl sites for hydroxylation is 1. The summed E-state index contributed by atoms with van der Waals surface area (Å²) in [7, 11) is 3.44. The van der Waals surface area contributed by atoms with Crippen LogP contribution in [0.2, 0.25) is 0 Å². The fourth-order valence-electron chi connectivity index (χ4n) is 5.06. The third-order valence-electron chi connectivity index (χ3n) is 6.82. The van der Waals surface area contributed by atoms with Gasteiger partial charge in [0, 0.05) is 37.6 Å². The van der Waals surface area contributed by atoms with E-state index in [9.17, 15) is 18.0 Å². The van der Waals surface area contributed by atoms with Crippen LogP contribution in [0.15, 0.2) is 36.4 Å². The zero-order valence-electron chi connectivity index (χ0n) is 20.6. The summed E-state index contributed by atoms with van der Waals surface area (Å²) in [4.78, 5) is 19.5. The number of rotatable bonds is 9. The van der Waals surface area contributed by atoms with Crippen molar-refractivity contribution in [2.75, 3.05) is 33.5 Å². The van der Waals surface area contributed by atoms with Gasteiger partial charge in [-0.05, 0) is 36.2 Å². The van der Waals surface area contributed by atoms with Crippen molar-refractivity contribution in [3.05, 3.63) is 47.5 Å². The molecule has 5 rings (SSSR count). The predicted octanol–water partition coefficient (Wildman–Crippen LogP) is 3.74. The van der Waals surface area contributed by atoms with Crippen LogP contribution in [-0.2, 0) is 24.8 Å². The number of fused-ring (bicyclic) bond motifs is 3. The lowest BCUT2D eigenvalue weighted by atomic mass is 9.97. The number of imidazole rings is 1. The number of ether oxygens (including phenoxy) is 2. The van der Waals surface area contributed by atoms with Crippen molar-refractivity contribution in [1.82, 2.24) is 19.0 Å². The predicted molar refractivity (Wildman–Crippen MR) is 134 cm³/mol. The van der Waals surface area contributed by atoms with E-state index in [0.717, 1.165) is 22.0 Å². The van der Waals surface area contributed by atoms with Gasteiger partial charge in [0.2, 0.25) is 0 Å². The molecule has 0 spiro atoms. The molecule has 8 nitrogen and oxygen atoms in total. The Balaban J connectivity index is 1.60. The Kier molecular flexibility index (Phi) is 6.82. The Bertz CT molecular complexity index is 1470. The molecular formula is C26H28F3N5O3. The third-order valence-corrected chi connectivity index (χ3v) is 6.82. The first kappa shape index (κ1) is 25.1. The number of benzene rings is 2. The summed E-state index contributed by atoms with van der Waals surface area (Å²) < 4.78 is 52.2. The molecular weight excluding hydrogens is 487 g/mol. The van der Waals surface area contributed by atoms with Crippen molar-refractivity contribution < 1.29 is 27.4 Å². The van der Waals surface area contributed by atoms with Gasteiger partial charge >= 0.3 is 6.61 Å². The molecule has 0 radical (unpaired) electrons. The van der Waals surface area contributed by atoms with E-state index in [1.54, 1.807) is 18.1 Å². The van der Waals surface area contributed by atoms with Crippen LogP contribution in [0.3, 0.4) is 0 Å². The van der Waals surface area contributed by atoms with E-state index < -0.39 is 19.3 Å². The number of para-hydroxylation sites is 1. The normalized spacial score (nSPS) is 14.7. The molecule has 1 atom stereocenters. The molecule has 4 aromatic rings. The van der Waals surface area contributed by atoms with Crippen molar-refractivity contribution in [2.45, 2.75) is 25.6 Å². The van der Waals surface area contributed by atoms with Crippen molar-refractivity contribution in [3.63, 3.8) is 0 Å². The van der Waals surface area contributed by atoms with E-state index in [2.05, 4.69) is 4.74 Å². The highest BCUT2D eigenvalue weighted by molar-refractivity contribution is 6.01. The highest BCUT2D eigenvalue weighted by Crippen LogP contribution is 2.35. The zero-order chi connectivity index (χ0) is 26.3. The molecule has 2 aromatic heterocycles. The van der Waals surface area contributed by atoms with Gasteiger partial charge in [-0.2, -0.15) is 8.78 Å². The molecule has 196 valence electrons. The fraction of sp³-hybridized carbons (Fsp3) is 0.385. The van der Waals surface area contributed by atoms with Crippen LogP contribution in [0.5, 0.6) is 5.75 Å². The standard InChI is InChI=1S/C26H28F3N5O3/c1-32-20-10-15-6-7-33(14-17(30)13-27)25(35)18(15)12-19(20)31-24(32)21-11-16-4-3-5-22(36-2)23(16)34(21)8-9-37-26(28)29/h3-5,10-12,17,26H,6-9,13-14,30H2,1-2H3/t17-/m1/s1. The molecule has 0 saturated carbocycles. The maximum atomic E-state index is 13.1. The van der Waals surface area contributed by atoms with Crippen LogP contribution in [0.4, 0.5) is 13.2 Å². The summed E-state index contributed by atoms with van der Waals surface area (Å²) in [6.45, 7) is -2.98. The van der Waals surface area contributed by atoms with Crippen molar-refractivity contribution in [3.8, 4) is 17.3 Å². The number of aromatic nitrogens is 3. The highest BCUT2D eigenvalue weighted by atomic mass is 19.3. The second-order valence-electron chi connectivity index (χ2n) is 9.12. The van der Waals surface area contributed by atoms with Gasteiger partial charge in [-0.25, -0.2) is 9.37 Å². The minimum atomic E-state index is -2.87. The smallest absolute Gasteiger partial charge is 0.345 e. The number of carbonyl (C=O) groups excluding carboxylic acids is 1. The highest BCUT2D eigenvalue weighted by Gasteiger charge is 2.28. The summed E-state index contributed by atoms with van der Waals surface area (Å²) in [6.07, 6.45) is 0.624. The molecule has 1 aliphatic rings. The Morgan fingerprint density at radius 1 is 1.22 bits per heavy atom. The van der Waals surface area contributed by atoms with E-state index in [1.165, 1.54) is 0 Å².